The second kappa shape index (κ2) is 7.05. The van der Waals surface area contributed by atoms with Crippen LogP contribution in [0.25, 0.3) is 0 Å². The molecule has 1 aromatic rings. The summed E-state index contributed by atoms with van der Waals surface area (Å²) in [6.45, 7) is 4.20. The lowest BCUT2D eigenvalue weighted by atomic mass is 10.2. The first-order valence-corrected chi connectivity index (χ1v) is 8.06. The number of benzene rings is 1. The van der Waals surface area contributed by atoms with Crippen LogP contribution in [-0.4, -0.2) is 39.6 Å². The lowest BCUT2D eigenvalue weighted by Crippen LogP contribution is -2.27. The maximum atomic E-state index is 13.7. The monoisotopic (exact) mass is 347 g/mol. The number of ether oxygens (including phenoxy) is 2. The van der Waals surface area contributed by atoms with E-state index in [4.69, 9.17) is 4.74 Å². The second-order valence-electron chi connectivity index (χ2n) is 5.51. The lowest BCUT2D eigenvalue weighted by molar-refractivity contribution is -0.158. The van der Waals surface area contributed by atoms with Crippen LogP contribution in [0, 0.1) is 5.82 Å². The third-order valence-electron chi connectivity index (χ3n) is 2.48. The van der Waals surface area contributed by atoms with Crippen molar-refractivity contribution in [2.45, 2.75) is 31.3 Å². The van der Waals surface area contributed by atoms with Gasteiger partial charge in [-0.05, 0) is 46.0 Å². The molecule has 0 aromatic heterocycles. The van der Waals surface area contributed by atoms with Crippen molar-refractivity contribution in [1.82, 2.24) is 4.72 Å². The van der Waals surface area contributed by atoms with Crippen molar-refractivity contribution in [2.75, 3.05) is 13.7 Å². The van der Waals surface area contributed by atoms with Gasteiger partial charge in [-0.3, -0.25) is 0 Å². The highest BCUT2D eigenvalue weighted by molar-refractivity contribution is 7.89. The molecule has 1 aromatic carbocycles. The van der Waals surface area contributed by atoms with Crippen LogP contribution in [0.1, 0.15) is 31.1 Å². The number of hydrogen-bond donors (Lipinski definition) is 1. The van der Waals surface area contributed by atoms with E-state index in [0.29, 0.717) is 0 Å². The van der Waals surface area contributed by atoms with Crippen molar-refractivity contribution in [2.24, 2.45) is 0 Å². The number of sulfonamides is 1. The summed E-state index contributed by atoms with van der Waals surface area (Å²) in [5.74, 6) is -2.93. The van der Waals surface area contributed by atoms with Gasteiger partial charge in [0.05, 0.1) is 10.5 Å². The largest absolute Gasteiger partial charge is 0.457 e. The van der Waals surface area contributed by atoms with E-state index in [1.165, 1.54) is 7.05 Å². The molecular formula is C14H18FNO6S. The summed E-state index contributed by atoms with van der Waals surface area (Å²) in [7, 11) is -2.66. The molecule has 23 heavy (non-hydrogen) atoms. The van der Waals surface area contributed by atoms with Crippen LogP contribution in [0.4, 0.5) is 4.39 Å². The van der Waals surface area contributed by atoms with Gasteiger partial charge in [-0.25, -0.2) is 27.1 Å². The smallest absolute Gasteiger partial charge is 0.344 e. The number of rotatable bonds is 5. The SMILES string of the molecule is CNS(=O)(=O)c1ccc(F)c(C(=O)OCC(=O)OC(C)(C)C)c1. The molecule has 0 aliphatic carbocycles. The fourth-order valence-corrected chi connectivity index (χ4v) is 2.27. The summed E-state index contributed by atoms with van der Waals surface area (Å²) in [4.78, 5) is 23.0. The molecular weight excluding hydrogens is 329 g/mol. The Hall–Kier alpha value is -2.00. The van der Waals surface area contributed by atoms with Crippen LogP contribution in [0.15, 0.2) is 23.1 Å². The van der Waals surface area contributed by atoms with Gasteiger partial charge in [0, 0.05) is 0 Å². The first kappa shape index (κ1) is 19.0. The molecule has 0 unspecified atom stereocenters. The van der Waals surface area contributed by atoms with Crippen LogP contribution < -0.4 is 4.72 Å². The number of halogens is 1. The topological polar surface area (TPSA) is 98.8 Å². The number of esters is 2. The van der Waals surface area contributed by atoms with E-state index in [-0.39, 0.29) is 4.90 Å². The molecule has 0 saturated heterocycles. The van der Waals surface area contributed by atoms with Gasteiger partial charge in [0.1, 0.15) is 11.4 Å². The third-order valence-corrected chi connectivity index (χ3v) is 3.89. The number of carbonyl (C=O) groups excluding carboxylic acids is 2. The number of nitrogens with one attached hydrogen (secondary N) is 1. The van der Waals surface area contributed by atoms with Gasteiger partial charge in [-0.1, -0.05) is 0 Å². The van der Waals surface area contributed by atoms with E-state index in [9.17, 15) is 22.4 Å². The summed E-state index contributed by atoms with van der Waals surface area (Å²) in [5.41, 5.74) is -1.35. The molecule has 0 fully saturated rings. The standard InChI is InChI=1S/C14H18FNO6S/c1-14(2,3)22-12(17)8-21-13(18)10-7-9(5-6-11(10)15)23(19,20)16-4/h5-7,16H,8H2,1-4H3. The lowest BCUT2D eigenvalue weighted by Gasteiger charge is -2.19. The molecule has 7 nitrogen and oxygen atoms in total. The van der Waals surface area contributed by atoms with Crippen molar-refractivity contribution in [3.63, 3.8) is 0 Å². The summed E-state index contributed by atoms with van der Waals surface area (Å²) in [6.07, 6.45) is 0. The number of hydrogen-bond acceptors (Lipinski definition) is 6. The van der Waals surface area contributed by atoms with Crippen molar-refractivity contribution in [1.29, 1.82) is 0 Å². The van der Waals surface area contributed by atoms with Crippen molar-refractivity contribution < 1.29 is 31.9 Å². The van der Waals surface area contributed by atoms with E-state index >= 15 is 0 Å². The molecule has 0 heterocycles. The van der Waals surface area contributed by atoms with Gasteiger partial charge in [0.2, 0.25) is 10.0 Å². The van der Waals surface area contributed by atoms with Crippen molar-refractivity contribution in [3.05, 3.63) is 29.6 Å². The highest BCUT2D eigenvalue weighted by Crippen LogP contribution is 2.16. The van der Waals surface area contributed by atoms with Crippen LogP contribution in [0.3, 0.4) is 0 Å². The van der Waals surface area contributed by atoms with Crippen LogP contribution in [0.5, 0.6) is 0 Å². The molecule has 1 rings (SSSR count). The molecule has 0 aliphatic rings. The molecule has 0 spiro atoms. The Labute approximate surface area is 133 Å². The second-order valence-corrected chi connectivity index (χ2v) is 7.40. The number of carbonyl (C=O) groups is 2. The molecule has 9 heteroatoms. The van der Waals surface area contributed by atoms with E-state index in [0.717, 1.165) is 18.2 Å². The minimum Gasteiger partial charge on any atom is -0.457 e. The predicted octanol–water partition coefficient (Wildman–Crippen LogP) is 1.23. The van der Waals surface area contributed by atoms with Crippen LogP contribution >= 0.6 is 0 Å². The Morgan fingerprint density at radius 1 is 1.26 bits per heavy atom. The van der Waals surface area contributed by atoms with Crippen LogP contribution in [0.2, 0.25) is 0 Å². The minimum absolute atomic E-state index is 0.300. The fourth-order valence-electron chi connectivity index (χ4n) is 1.52. The Balaban J connectivity index is 2.88. The minimum atomic E-state index is -3.84. The Bertz CT molecular complexity index is 708. The molecule has 1 N–H and O–H groups in total. The fraction of sp³-hybridized carbons (Fsp3) is 0.429. The summed E-state index contributed by atoms with van der Waals surface area (Å²) in [5, 5.41) is 0. The molecule has 0 radical (unpaired) electrons. The zero-order valence-electron chi connectivity index (χ0n) is 13.2. The molecule has 0 bridgehead atoms. The highest BCUT2D eigenvalue weighted by atomic mass is 32.2. The summed E-state index contributed by atoms with van der Waals surface area (Å²) in [6, 6.07) is 2.67. The van der Waals surface area contributed by atoms with Gasteiger partial charge in [-0.15, -0.1) is 0 Å². The Morgan fingerprint density at radius 2 is 1.87 bits per heavy atom. The molecule has 128 valence electrons. The highest BCUT2D eigenvalue weighted by Gasteiger charge is 2.22. The van der Waals surface area contributed by atoms with Gasteiger partial charge >= 0.3 is 11.9 Å². The van der Waals surface area contributed by atoms with Crippen molar-refractivity contribution >= 4 is 22.0 Å². The van der Waals surface area contributed by atoms with E-state index in [1.54, 1.807) is 20.8 Å². The molecule has 0 saturated carbocycles. The average Bonchev–Trinajstić information content (AvgIpc) is 2.43. The molecule has 0 atom stereocenters. The first-order valence-electron chi connectivity index (χ1n) is 6.58. The Kier molecular flexibility index (Phi) is 5.84. The van der Waals surface area contributed by atoms with Gasteiger partial charge < -0.3 is 9.47 Å². The molecule has 0 aliphatic heterocycles. The van der Waals surface area contributed by atoms with Gasteiger partial charge in [0.25, 0.3) is 0 Å². The first-order chi connectivity index (χ1) is 10.5. The zero-order chi connectivity index (χ0) is 17.8. The van der Waals surface area contributed by atoms with E-state index < -0.39 is 45.6 Å². The van der Waals surface area contributed by atoms with Gasteiger partial charge in [0.15, 0.2) is 6.61 Å². The molecule has 0 amide bonds. The maximum absolute atomic E-state index is 13.7. The zero-order valence-corrected chi connectivity index (χ0v) is 14.0. The summed E-state index contributed by atoms with van der Waals surface area (Å²) >= 11 is 0. The summed E-state index contributed by atoms with van der Waals surface area (Å²) < 4.78 is 48.6. The van der Waals surface area contributed by atoms with Crippen molar-refractivity contribution in [3.8, 4) is 0 Å². The normalized spacial score (nSPS) is 11.9. The average molecular weight is 347 g/mol. The van der Waals surface area contributed by atoms with E-state index in [2.05, 4.69) is 4.74 Å². The quantitative estimate of drug-likeness (QED) is 0.805. The predicted molar refractivity (Wildman–Crippen MR) is 78.8 cm³/mol. The third kappa shape index (κ3) is 5.61. The van der Waals surface area contributed by atoms with E-state index in [1.807, 2.05) is 4.72 Å². The Morgan fingerprint density at radius 3 is 2.39 bits per heavy atom. The maximum Gasteiger partial charge on any atom is 0.344 e. The van der Waals surface area contributed by atoms with Crippen LogP contribution in [-0.2, 0) is 24.3 Å². The van der Waals surface area contributed by atoms with Gasteiger partial charge in [-0.2, -0.15) is 0 Å².